The lowest BCUT2D eigenvalue weighted by Crippen LogP contribution is -2.31. The van der Waals surface area contributed by atoms with Crippen LogP contribution < -0.4 is 11.3 Å². The minimum absolute atomic E-state index is 0.211. The molecule has 0 aliphatic heterocycles. The van der Waals surface area contributed by atoms with E-state index in [1.54, 1.807) is 0 Å². The number of nitrogens with two attached hydrogens (primary N) is 1. The van der Waals surface area contributed by atoms with Gasteiger partial charge in [-0.25, -0.2) is 14.6 Å². The third kappa shape index (κ3) is 4.54. The second kappa shape index (κ2) is 7.19. The number of rotatable bonds is 5. The maximum absolute atomic E-state index is 13.5. The fourth-order valence-electron chi connectivity index (χ4n) is 1.74. The number of carbonyl (C=O) groups is 1. The van der Waals surface area contributed by atoms with E-state index >= 15 is 0 Å². The van der Waals surface area contributed by atoms with Crippen LogP contribution in [-0.2, 0) is 17.0 Å². The topological polar surface area (TPSA) is 55.1 Å². The molecule has 0 unspecified atom stereocenters. The highest BCUT2D eigenvalue weighted by atomic mass is 32.2. The van der Waals surface area contributed by atoms with Gasteiger partial charge in [-0.15, -0.1) is 11.8 Å². The molecule has 2 rings (SSSR count). The molecule has 6 heteroatoms. The average molecular weight is 308 g/mol. The van der Waals surface area contributed by atoms with Crippen molar-refractivity contribution in [1.82, 2.24) is 5.43 Å². The molecule has 0 atom stereocenters. The number of benzene rings is 2. The Hall–Kier alpha value is -1.92. The van der Waals surface area contributed by atoms with Crippen molar-refractivity contribution in [1.29, 1.82) is 0 Å². The number of thioether (sulfide) groups is 1. The van der Waals surface area contributed by atoms with Crippen molar-refractivity contribution in [2.24, 2.45) is 5.84 Å². The molecule has 0 aliphatic rings. The molecule has 2 aromatic carbocycles. The Kier molecular flexibility index (Phi) is 5.30. The molecular weight excluding hydrogens is 294 g/mol. The molecule has 0 heterocycles. The van der Waals surface area contributed by atoms with E-state index in [9.17, 15) is 13.6 Å². The van der Waals surface area contributed by atoms with Crippen LogP contribution in [0.5, 0.6) is 0 Å². The van der Waals surface area contributed by atoms with Gasteiger partial charge in [-0.3, -0.25) is 10.2 Å². The Labute approximate surface area is 125 Å². The van der Waals surface area contributed by atoms with Crippen LogP contribution in [0, 0.1) is 11.6 Å². The van der Waals surface area contributed by atoms with Crippen molar-refractivity contribution in [3.05, 3.63) is 65.2 Å². The molecule has 110 valence electrons. The monoisotopic (exact) mass is 308 g/mol. The number of hydrogen-bond acceptors (Lipinski definition) is 3. The van der Waals surface area contributed by atoms with Crippen molar-refractivity contribution in [2.45, 2.75) is 17.1 Å². The summed E-state index contributed by atoms with van der Waals surface area (Å²) in [4.78, 5) is 11.4. The normalized spacial score (nSPS) is 10.4. The lowest BCUT2D eigenvalue weighted by molar-refractivity contribution is -0.120. The zero-order valence-electron chi connectivity index (χ0n) is 11.1. The van der Waals surface area contributed by atoms with Crippen molar-refractivity contribution in [2.75, 3.05) is 0 Å². The van der Waals surface area contributed by atoms with E-state index in [0.717, 1.165) is 23.3 Å². The Morgan fingerprint density at radius 2 is 1.76 bits per heavy atom. The van der Waals surface area contributed by atoms with Gasteiger partial charge in [-0.1, -0.05) is 24.3 Å². The first-order valence-electron chi connectivity index (χ1n) is 6.23. The molecule has 2 aromatic rings. The van der Waals surface area contributed by atoms with Gasteiger partial charge in [0.2, 0.25) is 5.91 Å². The van der Waals surface area contributed by atoms with Gasteiger partial charge in [0.05, 0.1) is 6.42 Å². The van der Waals surface area contributed by atoms with Gasteiger partial charge in [0.25, 0.3) is 0 Å². The molecule has 0 saturated carbocycles. The van der Waals surface area contributed by atoms with Gasteiger partial charge in [-0.05, 0) is 29.3 Å². The van der Waals surface area contributed by atoms with Crippen LogP contribution in [0.4, 0.5) is 8.78 Å². The molecule has 0 radical (unpaired) electrons. The summed E-state index contributed by atoms with van der Waals surface area (Å²) in [5.74, 6) is 4.38. The maximum atomic E-state index is 13.5. The summed E-state index contributed by atoms with van der Waals surface area (Å²) in [6.45, 7) is 0. The summed E-state index contributed by atoms with van der Waals surface area (Å²) in [6, 6.07) is 10.7. The van der Waals surface area contributed by atoms with Crippen molar-refractivity contribution >= 4 is 17.7 Å². The van der Waals surface area contributed by atoms with Crippen molar-refractivity contribution in [3.63, 3.8) is 0 Å². The molecule has 3 N–H and O–H groups in total. The SMILES string of the molecule is NNC(=O)Cc1ccc(CSc2cc(F)ccc2F)cc1. The number of carbonyl (C=O) groups excluding carboxylic acids is 1. The lowest BCUT2D eigenvalue weighted by atomic mass is 10.1. The van der Waals surface area contributed by atoms with Gasteiger partial charge in [0, 0.05) is 10.6 Å². The van der Waals surface area contributed by atoms with Gasteiger partial charge in [-0.2, -0.15) is 0 Å². The molecule has 0 saturated heterocycles. The zero-order valence-corrected chi connectivity index (χ0v) is 11.9. The van der Waals surface area contributed by atoms with Crippen LogP contribution in [0.3, 0.4) is 0 Å². The molecule has 0 bridgehead atoms. The van der Waals surface area contributed by atoms with E-state index in [2.05, 4.69) is 5.43 Å². The number of amides is 1. The highest BCUT2D eigenvalue weighted by Gasteiger charge is 2.06. The summed E-state index contributed by atoms with van der Waals surface area (Å²) in [5.41, 5.74) is 3.86. The van der Waals surface area contributed by atoms with Gasteiger partial charge < -0.3 is 0 Å². The summed E-state index contributed by atoms with van der Waals surface area (Å²) >= 11 is 1.22. The van der Waals surface area contributed by atoms with E-state index in [1.807, 2.05) is 24.3 Å². The highest BCUT2D eigenvalue weighted by Crippen LogP contribution is 2.26. The molecule has 21 heavy (non-hydrogen) atoms. The average Bonchev–Trinajstić information content (AvgIpc) is 2.49. The minimum atomic E-state index is -0.456. The molecule has 1 amide bonds. The summed E-state index contributed by atoms with van der Waals surface area (Å²) in [7, 11) is 0. The lowest BCUT2D eigenvalue weighted by Gasteiger charge is -2.05. The quantitative estimate of drug-likeness (QED) is 0.386. The smallest absolute Gasteiger partial charge is 0.238 e. The van der Waals surface area contributed by atoms with Gasteiger partial charge >= 0.3 is 0 Å². The highest BCUT2D eigenvalue weighted by molar-refractivity contribution is 7.98. The maximum Gasteiger partial charge on any atom is 0.238 e. The van der Waals surface area contributed by atoms with Crippen molar-refractivity contribution < 1.29 is 13.6 Å². The van der Waals surface area contributed by atoms with Crippen molar-refractivity contribution in [3.8, 4) is 0 Å². The first-order valence-corrected chi connectivity index (χ1v) is 7.22. The van der Waals surface area contributed by atoms with Crippen LogP contribution in [-0.4, -0.2) is 5.91 Å². The predicted molar refractivity (Wildman–Crippen MR) is 78.4 cm³/mol. The molecule has 0 aliphatic carbocycles. The molecular formula is C15H14F2N2OS. The fourth-order valence-corrected chi connectivity index (χ4v) is 2.66. The minimum Gasteiger partial charge on any atom is -0.294 e. The third-order valence-electron chi connectivity index (χ3n) is 2.84. The molecule has 0 spiro atoms. The van der Waals surface area contributed by atoms with E-state index < -0.39 is 11.6 Å². The standard InChI is InChI=1S/C15H14F2N2OS/c16-12-5-6-13(17)14(8-12)21-9-11-3-1-10(2-4-11)7-15(20)19-18/h1-6,8H,7,9,18H2,(H,19,20). The van der Waals surface area contributed by atoms with Crippen LogP contribution in [0.1, 0.15) is 11.1 Å². The summed E-state index contributed by atoms with van der Waals surface area (Å²) < 4.78 is 26.5. The van der Waals surface area contributed by atoms with Crippen LogP contribution in [0.15, 0.2) is 47.4 Å². The number of hydrazine groups is 1. The summed E-state index contributed by atoms with van der Waals surface area (Å²) in [5, 5.41) is 0. The number of nitrogens with one attached hydrogen (secondary N) is 1. The second-order valence-corrected chi connectivity index (χ2v) is 5.44. The predicted octanol–water partition coefficient (Wildman–Crippen LogP) is 2.79. The first kappa shape index (κ1) is 15.5. The van der Waals surface area contributed by atoms with Crippen LogP contribution >= 0.6 is 11.8 Å². The van der Waals surface area contributed by atoms with E-state index in [-0.39, 0.29) is 17.2 Å². The third-order valence-corrected chi connectivity index (χ3v) is 3.94. The van der Waals surface area contributed by atoms with E-state index in [1.165, 1.54) is 17.8 Å². The van der Waals surface area contributed by atoms with E-state index in [0.29, 0.717) is 5.75 Å². The number of hydrogen-bond donors (Lipinski definition) is 2. The first-order chi connectivity index (χ1) is 10.1. The van der Waals surface area contributed by atoms with Crippen LogP contribution in [0.2, 0.25) is 0 Å². The Morgan fingerprint density at radius 1 is 1.10 bits per heavy atom. The Balaban J connectivity index is 1.97. The zero-order chi connectivity index (χ0) is 15.2. The van der Waals surface area contributed by atoms with Gasteiger partial charge in [0.15, 0.2) is 0 Å². The Bertz CT molecular complexity index is 632. The fraction of sp³-hybridized carbons (Fsp3) is 0.133. The Morgan fingerprint density at radius 3 is 2.43 bits per heavy atom. The molecule has 0 aromatic heterocycles. The summed E-state index contributed by atoms with van der Waals surface area (Å²) in [6.07, 6.45) is 0.211. The molecule has 0 fully saturated rings. The number of halogens is 2. The van der Waals surface area contributed by atoms with E-state index in [4.69, 9.17) is 5.84 Å². The van der Waals surface area contributed by atoms with Crippen LogP contribution in [0.25, 0.3) is 0 Å². The van der Waals surface area contributed by atoms with Gasteiger partial charge in [0.1, 0.15) is 11.6 Å². The largest absolute Gasteiger partial charge is 0.294 e. The second-order valence-electron chi connectivity index (χ2n) is 4.42. The molecule has 3 nitrogen and oxygen atoms in total.